The Labute approximate surface area is 313 Å². The van der Waals surface area contributed by atoms with Crippen molar-refractivity contribution in [3.05, 3.63) is 179 Å². The van der Waals surface area contributed by atoms with Crippen LogP contribution in [0.15, 0.2) is 146 Å². The van der Waals surface area contributed by atoms with Gasteiger partial charge in [0.05, 0.1) is 27.8 Å². The van der Waals surface area contributed by atoms with Crippen molar-refractivity contribution < 1.29 is 62.8 Å². The lowest BCUT2D eigenvalue weighted by Gasteiger charge is -2.28. The van der Waals surface area contributed by atoms with Gasteiger partial charge in [-0.1, -0.05) is 72.8 Å². The number of carbonyl (C=O) groups is 5. The van der Waals surface area contributed by atoms with E-state index in [-0.39, 0.29) is 33.5 Å². The molecular formula is C41H33NO13. The van der Waals surface area contributed by atoms with Crippen molar-refractivity contribution >= 4 is 35.5 Å². The molecule has 1 heterocycles. The maximum absolute atomic E-state index is 13.6. The average Bonchev–Trinajstić information content (AvgIpc) is 3.55. The monoisotopic (exact) mass is 747 g/mol. The topological polar surface area (TPSA) is 188 Å². The number of ether oxygens (including phenoxy) is 6. The molecule has 0 spiro atoms. The molecule has 1 fully saturated rings. The fraction of sp³-hybridized carbons (Fsp3) is 0.146. The summed E-state index contributed by atoms with van der Waals surface area (Å²) in [5.74, 6) is -4.47. The van der Waals surface area contributed by atoms with E-state index >= 15 is 0 Å². The van der Waals surface area contributed by atoms with Crippen LogP contribution in [0.3, 0.4) is 0 Å². The third kappa shape index (κ3) is 9.64. The highest BCUT2D eigenvalue weighted by Crippen LogP contribution is 2.33. The second kappa shape index (κ2) is 17.9. The molecule has 1 unspecified atom stereocenters. The first-order valence-corrected chi connectivity index (χ1v) is 16.9. The Balaban J connectivity index is 1.38. The summed E-state index contributed by atoms with van der Waals surface area (Å²) in [4.78, 5) is 67.3. The first-order valence-electron chi connectivity index (χ1n) is 16.9. The lowest BCUT2D eigenvalue weighted by molar-refractivity contribution is -0.991. The molecule has 6 atom stereocenters. The third-order valence-electron chi connectivity index (χ3n) is 8.33. The highest BCUT2D eigenvalue weighted by atomic mass is 16.8. The molecule has 1 saturated heterocycles. The van der Waals surface area contributed by atoms with Gasteiger partial charge in [-0.15, -0.1) is 0 Å². The molecule has 6 rings (SSSR count). The molecule has 0 aliphatic carbocycles. The van der Waals surface area contributed by atoms with E-state index in [4.69, 9.17) is 28.4 Å². The van der Waals surface area contributed by atoms with Crippen molar-refractivity contribution in [3.8, 4) is 0 Å². The number of rotatable bonds is 13. The van der Waals surface area contributed by atoms with Gasteiger partial charge >= 0.3 is 29.8 Å². The molecule has 0 radical (unpaired) electrons. The predicted molar refractivity (Wildman–Crippen MR) is 190 cm³/mol. The van der Waals surface area contributed by atoms with Crippen molar-refractivity contribution in [3.63, 3.8) is 0 Å². The number of hydrogen-bond donors (Lipinski definition) is 2. The lowest BCUT2D eigenvalue weighted by Crippen LogP contribution is -2.99. The van der Waals surface area contributed by atoms with Crippen LogP contribution in [0, 0.1) is 5.21 Å². The van der Waals surface area contributed by atoms with Crippen molar-refractivity contribution in [2.24, 2.45) is 0 Å². The summed E-state index contributed by atoms with van der Waals surface area (Å²) in [5, 5.41) is 19.5. The number of quaternary nitrogens is 1. The number of benzene rings is 5. The van der Waals surface area contributed by atoms with Crippen LogP contribution in [-0.4, -0.2) is 72.4 Å². The van der Waals surface area contributed by atoms with Gasteiger partial charge in [-0.05, 0) is 60.7 Å². The fourth-order valence-corrected chi connectivity index (χ4v) is 5.55. The Morgan fingerprint density at radius 2 is 0.945 bits per heavy atom. The third-order valence-corrected chi connectivity index (χ3v) is 8.33. The van der Waals surface area contributed by atoms with E-state index in [0.29, 0.717) is 0 Å². The van der Waals surface area contributed by atoms with Gasteiger partial charge in [0.25, 0.3) is 0 Å². The van der Waals surface area contributed by atoms with Crippen molar-refractivity contribution in [2.45, 2.75) is 30.7 Å². The SMILES string of the molecule is O=C(OC[C@H](OC(=O)c1ccccc1)[C@@H]1O[C@@H](OC(=O)c2ccc([NH+]([O-])O)cc2)[C@H](OC(=O)c2ccccc2)[C@H]1OC(=O)c1ccccc1)c1ccccc1. The minimum absolute atomic E-state index is 0.0909. The second-order valence-electron chi connectivity index (χ2n) is 12.0. The smallest absolute Gasteiger partial charge is 0.340 e. The van der Waals surface area contributed by atoms with Crippen LogP contribution in [0.4, 0.5) is 5.69 Å². The highest BCUT2D eigenvalue weighted by Gasteiger charge is 2.56. The van der Waals surface area contributed by atoms with Crippen LogP contribution >= 0.6 is 0 Å². The van der Waals surface area contributed by atoms with Gasteiger partial charge in [0.2, 0.25) is 12.4 Å². The summed E-state index contributed by atoms with van der Waals surface area (Å²) in [6.07, 6.45) is -8.26. The molecule has 55 heavy (non-hydrogen) atoms. The standard InChI is InChI=1S/C41H33NO13/c43-36(26-13-5-1-6-14-26)50-25-32(51-37(44)27-15-7-2-8-16-27)33-34(52-38(45)28-17-9-3-10-18-28)35(53-39(46)29-19-11-4-12-20-29)41(54-33)55-40(47)30-21-23-31(24-22-30)42(48)49/h1-24,32-35,41-42,48H,25H2/t32-,33-,34-,35+,41-/m0/s1. The maximum Gasteiger partial charge on any atom is 0.340 e. The summed E-state index contributed by atoms with van der Waals surface area (Å²) < 4.78 is 35.2. The fourth-order valence-electron chi connectivity index (χ4n) is 5.55. The van der Waals surface area contributed by atoms with E-state index in [1.807, 2.05) is 0 Å². The normalized spacial score (nSPS) is 18.6. The molecule has 0 bridgehead atoms. The van der Waals surface area contributed by atoms with Crippen LogP contribution < -0.4 is 5.23 Å². The second-order valence-corrected chi connectivity index (χ2v) is 12.0. The zero-order chi connectivity index (χ0) is 38.7. The van der Waals surface area contributed by atoms with Gasteiger partial charge in [-0.25, -0.2) is 29.2 Å². The van der Waals surface area contributed by atoms with E-state index in [2.05, 4.69) is 0 Å². The molecule has 0 aromatic heterocycles. The molecule has 5 aromatic rings. The van der Waals surface area contributed by atoms with Gasteiger partial charge < -0.3 is 33.6 Å². The zero-order valence-corrected chi connectivity index (χ0v) is 28.8. The molecule has 0 saturated carbocycles. The quantitative estimate of drug-likeness (QED) is 0.0974. The van der Waals surface area contributed by atoms with Crippen LogP contribution in [0.25, 0.3) is 0 Å². The summed E-state index contributed by atoms with van der Waals surface area (Å²) in [6, 6.07) is 36.3. The van der Waals surface area contributed by atoms with Gasteiger partial charge in [0.1, 0.15) is 12.7 Å². The van der Waals surface area contributed by atoms with E-state index in [1.54, 1.807) is 72.8 Å². The molecule has 5 aromatic carbocycles. The molecule has 1 aliphatic heterocycles. The van der Waals surface area contributed by atoms with Crippen LogP contribution in [0.5, 0.6) is 0 Å². The molecule has 2 N–H and O–H groups in total. The number of carbonyl (C=O) groups excluding carboxylic acids is 5. The Kier molecular flexibility index (Phi) is 12.4. The summed E-state index contributed by atoms with van der Waals surface area (Å²) in [5.41, 5.74) is 0.318. The maximum atomic E-state index is 13.6. The van der Waals surface area contributed by atoms with E-state index in [9.17, 15) is 34.4 Å². The Hall–Kier alpha value is -6.71. The Morgan fingerprint density at radius 3 is 1.42 bits per heavy atom. The van der Waals surface area contributed by atoms with E-state index in [0.717, 1.165) is 0 Å². The van der Waals surface area contributed by atoms with E-state index < -0.39 is 72.4 Å². The molecule has 1 aliphatic rings. The number of esters is 5. The minimum atomic E-state index is -1.80. The number of hydrogen-bond acceptors (Lipinski definition) is 13. The molecule has 14 nitrogen and oxygen atoms in total. The zero-order valence-electron chi connectivity index (χ0n) is 28.8. The number of nitrogens with one attached hydrogen (secondary N) is 1. The molecule has 14 heteroatoms. The summed E-state index contributed by atoms with van der Waals surface area (Å²) in [6.45, 7) is -0.646. The largest absolute Gasteiger partial charge is 0.595 e. The minimum Gasteiger partial charge on any atom is -0.595 e. The molecule has 0 amide bonds. The van der Waals surface area contributed by atoms with Gasteiger partial charge in [0, 0.05) is 12.1 Å². The van der Waals surface area contributed by atoms with Crippen LogP contribution in [0.2, 0.25) is 0 Å². The van der Waals surface area contributed by atoms with Crippen molar-refractivity contribution in [1.82, 2.24) is 0 Å². The molecule has 280 valence electrons. The highest BCUT2D eigenvalue weighted by molar-refractivity contribution is 5.92. The Morgan fingerprint density at radius 1 is 0.545 bits per heavy atom. The van der Waals surface area contributed by atoms with Crippen molar-refractivity contribution in [2.75, 3.05) is 6.61 Å². The first-order chi connectivity index (χ1) is 26.7. The van der Waals surface area contributed by atoms with Gasteiger partial charge in [-0.2, -0.15) is 5.23 Å². The van der Waals surface area contributed by atoms with E-state index in [1.165, 1.54) is 72.8 Å². The predicted octanol–water partition coefficient (Wildman–Crippen LogP) is 4.51. The Bertz CT molecular complexity index is 2080. The van der Waals surface area contributed by atoms with Crippen LogP contribution in [0.1, 0.15) is 51.8 Å². The van der Waals surface area contributed by atoms with Gasteiger partial charge in [0.15, 0.2) is 17.9 Å². The first kappa shape index (κ1) is 38.0. The average molecular weight is 748 g/mol. The lowest BCUT2D eigenvalue weighted by atomic mass is 10.0. The summed E-state index contributed by atoms with van der Waals surface area (Å²) in [7, 11) is 0. The molecular weight excluding hydrogens is 714 g/mol. The van der Waals surface area contributed by atoms with Crippen molar-refractivity contribution in [1.29, 1.82) is 0 Å². The van der Waals surface area contributed by atoms with Crippen LogP contribution in [-0.2, 0) is 28.4 Å². The summed E-state index contributed by atoms with van der Waals surface area (Å²) >= 11 is 0. The van der Waals surface area contributed by atoms with Gasteiger partial charge in [-0.3, -0.25) is 0 Å².